The predicted octanol–water partition coefficient (Wildman–Crippen LogP) is 2.65. The zero-order valence-corrected chi connectivity index (χ0v) is 7.24. The minimum absolute atomic E-state index is 0.241. The van der Waals surface area contributed by atoms with Crippen LogP contribution in [0.25, 0.3) is 0 Å². The molecule has 0 fully saturated rings. The average Bonchev–Trinajstić information content (AvgIpc) is 2.71. The molecule has 2 aromatic rings. The smallest absolute Gasteiger partial charge is 0.228 e. The Morgan fingerprint density at radius 1 is 1.14 bits per heavy atom. The van der Waals surface area contributed by atoms with Gasteiger partial charge in [-0.25, -0.2) is 4.39 Å². The van der Waals surface area contributed by atoms with E-state index in [1.54, 1.807) is 12.1 Å². The molecule has 3 heteroatoms. The van der Waals surface area contributed by atoms with E-state index in [-0.39, 0.29) is 17.4 Å². The molecule has 2 nitrogen and oxygen atoms in total. The fraction of sp³-hybridized carbons (Fsp3) is 0. The third kappa shape index (κ3) is 1.57. The standard InChI is InChI=1S/C11H7FO2/c12-9-5-3-8(4-6-9)11(13)10-2-1-7-14-10/h1-7H. The van der Waals surface area contributed by atoms with Gasteiger partial charge in [0.05, 0.1) is 6.26 Å². The van der Waals surface area contributed by atoms with Gasteiger partial charge in [0, 0.05) is 5.56 Å². The summed E-state index contributed by atoms with van der Waals surface area (Å²) in [4.78, 5) is 11.6. The summed E-state index contributed by atoms with van der Waals surface area (Å²) in [5.41, 5.74) is 0.418. The van der Waals surface area contributed by atoms with Crippen LogP contribution >= 0.6 is 0 Å². The van der Waals surface area contributed by atoms with Crippen molar-refractivity contribution in [2.75, 3.05) is 0 Å². The van der Waals surface area contributed by atoms with E-state index < -0.39 is 0 Å². The van der Waals surface area contributed by atoms with E-state index in [4.69, 9.17) is 4.42 Å². The molecule has 14 heavy (non-hydrogen) atoms. The lowest BCUT2D eigenvalue weighted by Crippen LogP contribution is -1.98. The van der Waals surface area contributed by atoms with Gasteiger partial charge in [-0.15, -0.1) is 0 Å². The predicted molar refractivity (Wildman–Crippen MR) is 48.5 cm³/mol. The van der Waals surface area contributed by atoms with Crippen LogP contribution in [-0.4, -0.2) is 5.78 Å². The van der Waals surface area contributed by atoms with E-state index in [2.05, 4.69) is 0 Å². The summed E-state index contributed by atoms with van der Waals surface area (Å²) in [5, 5.41) is 0. The Bertz CT molecular complexity index is 429. The number of furan rings is 1. The molecule has 0 spiro atoms. The highest BCUT2D eigenvalue weighted by Gasteiger charge is 2.10. The van der Waals surface area contributed by atoms with Gasteiger partial charge in [-0.2, -0.15) is 0 Å². The van der Waals surface area contributed by atoms with Gasteiger partial charge in [0.25, 0.3) is 0 Å². The summed E-state index contributed by atoms with van der Waals surface area (Å²) in [7, 11) is 0. The highest BCUT2D eigenvalue weighted by Crippen LogP contribution is 2.10. The van der Waals surface area contributed by atoms with Gasteiger partial charge in [0.2, 0.25) is 5.78 Å². The van der Waals surface area contributed by atoms with Crippen molar-refractivity contribution in [3.63, 3.8) is 0 Å². The molecule has 0 atom stereocenters. The number of benzene rings is 1. The van der Waals surface area contributed by atoms with Crippen molar-refractivity contribution in [1.29, 1.82) is 0 Å². The van der Waals surface area contributed by atoms with Crippen LogP contribution in [0.4, 0.5) is 4.39 Å². The minimum Gasteiger partial charge on any atom is -0.461 e. The normalized spacial score (nSPS) is 10.1. The molecule has 0 unspecified atom stereocenters. The Labute approximate surface area is 80.0 Å². The van der Waals surface area contributed by atoms with Crippen LogP contribution in [0.1, 0.15) is 16.1 Å². The summed E-state index contributed by atoms with van der Waals surface area (Å²) in [6.45, 7) is 0. The van der Waals surface area contributed by atoms with E-state index in [1.807, 2.05) is 0 Å². The molecule has 0 bridgehead atoms. The van der Waals surface area contributed by atoms with E-state index in [9.17, 15) is 9.18 Å². The van der Waals surface area contributed by atoms with E-state index >= 15 is 0 Å². The molecule has 0 aliphatic rings. The van der Waals surface area contributed by atoms with Crippen molar-refractivity contribution in [1.82, 2.24) is 0 Å². The van der Waals surface area contributed by atoms with Crippen LogP contribution in [0.2, 0.25) is 0 Å². The summed E-state index contributed by atoms with van der Waals surface area (Å²) < 4.78 is 17.5. The Balaban J connectivity index is 2.33. The molecule has 0 aliphatic carbocycles. The topological polar surface area (TPSA) is 30.2 Å². The van der Waals surface area contributed by atoms with E-state index in [1.165, 1.54) is 30.5 Å². The van der Waals surface area contributed by atoms with Crippen molar-refractivity contribution >= 4 is 5.78 Å². The first kappa shape index (κ1) is 8.69. The molecule has 0 N–H and O–H groups in total. The SMILES string of the molecule is O=C(c1ccc(F)cc1)c1ccco1. The zero-order chi connectivity index (χ0) is 9.97. The summed E-state index contributed by atoms with van der Waals surface area (Å²) in [6, 6.07) is 8.56. The van der Waals surface area contributed by atoms with Gasteiger partial charge >= 0.3 is 0 Å². The van der Waals surface area contributed by atoms with Crippen molar-refractivity contribution in [3.05, 3.63) is 59.8 Å². The number of rotatable bonds is 2. The Kier molecular flexibility index (Phi) is 2.14. The first-order chi connectivity index (χ1) is 6.77. The molecule has 0 amide bonds. The molecule has 70 valence electrons. The lowest BCUT2D eigenvalue weighted by atomic mass is 10.1. The Morgan fingerprint density at radius 3 is 2.43 bits per heavy atom. The summed E-state index contributed by atoms with van der Waals surface area (Å²) in [5.74, 6) is -0.340. The molecule has 1 heterocycles. The van der Waals surface area contributed by atoms with Crippen molar-refractivity contribution < 1.29 is 13.6 Å². The van der Waals surface area contributed by atoms with Crippen LogP contribution in [0, 0.1) is 5.82 Å². The second kappa shape index (κ2) is 3.46. The first-order valence-corrected chi connectivity index (χ1v) is 4.11. The van der Waals surface area contributed by atoms with Gasteiger partial charge in [0.15, 0.2) is 5.76 Å². The molecule has 0 radical (unpaired) electrons. The maximum Gasteiger partial charge on any atom is 0.228 e. The minimum atomic E-state index is -0.360. The van der Waals surface area contributed by atoms with Crippen LogP contribution in [0.15, 0.2) is 47.1 Å². The molecule has 1 aromatic carbocycles. The molecule has 0 saturated heterocycles. The number of carbonyl (C=O) groups is 1. The molecule has 0 aliphatic heterocycles. The van der Waals surface area contributed by atoms with Crippen molar-refractivity contribution in [2.24, 2.45) is 0 Å². The largest absolute Gasteiger partial charge is 0.461 e. The van der Waals surface area contributed by atoms with Crippen molar-refractivity contribution in [2.45, 2.75) is 0 Å². The monoisotopic (exact) mass is 190 g/mol. The van der Waals surface area contributed by atoms with Crippen LogP contribution in [0.3, 0.4) is 0 Å². The van der Waals surface area contributed by atoms with Gasteiger partial charge in [0.1, 0.15) is 5.82 Å². The van der Waals surface area contributed by atoms with E-state index in [0.29, 0.717) is 5.56 Å². The number of hydrogen-bond acceptors (Lipinski definition) is 2. The highest BCUT2D eigenvalue weighted by atomic mass is 19.1. The lowest BCUT2D eigenvalue weighted by Gasteiger charge is -1.96. The fourth-order valence-corrected chi connectivity index (χ4v) is 1.15. The number of carbonyl (C=O) groups excluding carboxylic acids is 1. The van der Waals surface area contributed by atoms with Crippen LogP contribution in [-0.2, 0) is 0 Å². The van der Waals surface area contributed by atoms with E-state index in [0.717, 1.165) is 0 Å². The maximum absolute atomic E-state index is 12.6. The first-order valence-electron chi connectivity index (χ1n) is 4.11. The van der Waals surface area contributed by atoms with Crippen LogP contribution in [0.5, 0.6) is 0 Å². The number of hydrogen-bond donors (Lipinski definition) is 0. The van der Waals surface area contributed by atoms with Gasteiger partial charge < -0.3 is 4.42 Å². The van der Waals surface area contributed by atoms with Gasteiger partial charge in [-0.1, -0.05) is 0 Å². The summed E-state index contributed by atoms with van der Waals surface area (Å²) >= 11 is 0. The number of ketones is 1. The molecular weight excluding hydrogens is 183 g/mol. The Morgan fingerprint density at radius 2 is 1.86 bits per heavy atom. The summed E-state index contributed by atoms with van der Waals surface area (Å²) in [6.07, 6.45) is 1.43. The second-order valence-corrected chi connectivity index (χ2v) is 2.81. The van der Waals surface area contributed by atoms with Crippen molar-refractivity contribution in [3.8, 4) is 0 Å². The third-order valence-electron chi connectivity index (χ3n) is 1.85. The third-order valence-corrected chi connectivity index (χ3v) is 1.85. The molecule has 0 saturated carbocycles. The quantitative estimate of drug-likeness (QED) is 0.681. The second-order valence-electron chi connectivity index (χ2n) is 2.81. The zero-order valence-electron chi connectivity index (χ0n) is 7.24. The Hall–Kier alpha value is -1.90. The fourth-order valence-electron chi connectivity index (χ4n) is 1.15. The molecule has 1 aromatic heterocycles. The maximum atomic E-state index is 12.6. The highest BCUT2D eigenvalue weighted by molar-refractivity contribution is 6.07. The van der Waals surface area contributed by atoms with Gasteiger partial charge in [-0.05, 0) is 36.4 Å². The van der Waals surface area contributed by atoms with Gasteiger partial charge in [-0.3, -0.25) is 4.79 Å². The molecule has 2 rings (SSSR count). The average molecular weight is 190 g/mol. The lowest BCUT2D eigenvalue weighted by molar-refractivity contribution is 0.101. The van der Waals surface area contributed by atoms with Crippen LogP contribution < -0.4 is 0 Å². The molecular formula is C11H7FO2. The number of halogens is 1.